The molecule has 0 aliphatic carbocycles. The molecule has 0 atom stereocenters. The normalized spacial score (nSPS) is 11.3. The number of hydrogen-bond acceptors (Lipinski definition) is 3. The van der Waals surface area contributed by atoms with E-state index in [1.807, 2.05) is 48.5 Å². The lowest BCUT2D eigenvalue weighted by Gasteiger charge is -2.22. The second kappa shape index (κ2) is 7.26. The molecular weight excluding hydrogens is 382 g/mol. The first-order chi connectivity index (χ1) is 15.1. The van der Waals surface area contributed by atoms with Crippen LogP contribution in [0.15, 0.2) is 72.8 Å². The lowest BCUT2D eigenvalue weighted by atomic mass is 10.0. The fourth-order valence-corrected chi connectivity index (χ4v) is 4.22. The molecule has 0 aliphatic heterocycles. The summed E-state index contributed by atoms with van der Waals surface area (Å²) in [5.41, 5.74) is 5.65. The van der Waals surface area contributed by atoms with Gasteiger partial charge in [-0.05, 0) is 42.5 Å². The van der Waals surface area contributed by atoms with Crippen LogP contribution in [0.1, 0.15) is 25.5 Å². The molecule has 0 saturated heterocycles. The Hall–Kier alpha value is -4.17. The number of hydrogen-bond donors (Lipinski definition) is 2. The predicted molar refractivity (Wildman–Crippen MR) is 123 cm³/mol. The highest BCUT2D eigenvalue weighted by molar-refractivity contribution is 6.09. The average Bonchev–Trinajstić information content (AvgIpc) is 2.79. The van der Waals surface area contributed by atoms with Crippen molar-refractivity contribution >= 4 is 21.9 Å². The van der Waals surface area contributed by atoms with Crippen molar-refractivity contribution in [2.75, 3.05) is 0 Å². The summed E-state index contributed by atoms with van der Waals surface area (Å²) >= 11 is 0. The highest BCUT2D eigenvalue weighted by Crippen LogP contribution is 2.35. The monoisotopic (exact) mass is 403 g/mol. The SMILES string of the molecule is CC(C)n1c(-c2ccccc2)cc2cc(-c3ccccc3)[nH]c3c(C#N)c(=N)nc1c23. The maximum atomic E-state index is 9.80. The molecule has 5 aromatic rings. The smallest absolute Gasteiger partial charge is 0.167 e. The number of benzene rings is 2. The number of nitrogens with zero attached hydrogens (tertiary/aromatic N) is 3. The van der Waals surface area contributed by atoms with Crippen LogP contribution in [0.2, 0.25) is 0 Å². The number of rotatable bonds is 3. The van der Waals surface area contributed by atoms with Gasteiger partial charge >= 0.3 is 0 Å². The molecular formula is C26H21N5. The van der Waals surface area contributed by atoms with Crippen LogP contribution in [-0.2, 0) is 0 Å². The van der Waals surface area contributed by atoms with Crippen molar-refractivity contribution in [2.24, 2.45) is 0 Å². The molecule has 3 aromatic heterocycles. The van der Waals surface area contributed by atoms with E-state index in [-0.39, 0.29) is 17.1 Å². The van der Waals surface area contributed by atoms with Crippen molar-refractivity contribution in [1.82, 2.24) is 14.5 Å². The zero-order chi connectivity index (χ0) is 21.5. The zero-order valence-electron chi connectivity index (χ0n) is 17.3. The van der Waals surface area contributed by atoms with Crippen LogP contribution < -0.4 is 5.49 Å². The van der Waals surface area contributed by atoms with Gasteiger partial charge in [-0.1, -0.05) is 60.7 Å². The van der Waals surface area contributed by atoms with E-state index in [1.165, 1.54) is 0 Å². The molecule has 0 bridgehead atoms. The summed E-state index contributed by atoms with van der Waals surface area (Å²) in [4.78, 5) is 8.02. The van der Waals surface area contributed by atoms with E-state index in [2.05, 4.69) is 58.7 Å². The molecule has 0 amide bonds. The van der Waals surface area contributed by atoms with Crippen LogP contribution in [0.4, 0.5) is 0 Å². The van der Waals surface area contributed by atoms with Crippen LogP contribution in [0.3, 0.4) is 0 Å². The van der Waals surface area contributed by atoms with Crippen molar-refractivity contribution in [3.63, 3.8) is 0 Å². The molecule has 2 N–H and O–H groups in total. The summed E-state index contributed by atoms with van der Waals surface area (Å²) in [6.45, 7) is 4.22. The zero-order valence-corrected chi connectivity index (χ0v) is 17.3. The topological polar surface area (TPSA) is 81.2 Å². The summed E-state index contributed by atoms with van der Waals surface area (Å²) in [5.74, 6) is 0. The molecule has 150 valence electrons. The Balaban J connectivity index is 2.00. The summed E-state index contributed by atoms with van der Waals surface area (Å²) in [6.07, 6.45) is 0. The minimum Gasteiger partial charge on any atom is -0.353 e. The van der Waals surface area contributed by atoms with E-state index in [0.717, 1.165) is 33.3 Å². The van der Waals surface area contributed by atoms with Crippen LogP contribution in [0, 0.1) is 16.7 Å². The highest BCUT2D eigenvalue weighted by atomic mass is 15.1. The third-order valence-electron chi connectivity index (χ3n) is 5.59. The van der Waals surface area contributed by atoms with Gasteiger partial charge in [0.1, 0.15) is 17.3 Å². The van der Waals surface area contributed by atoms with Gasteiger partial charge in [0.2, 0.25) is 0 Å². The molecule has 0 saturated carbocycles. The highest BCUT2D eigenvalue weighted by Gasteiger charge is 2.19. The standard InChI is InChI=1S/C26H21N5/c1-16(2)31-22(18-11-7-4-8-12-18)14-19-13-21(17-9-5-3-6-10-17)29-24-20(15-27)25(28)30-26(31)23(19)24/h3-14,16,28-29H,1-2H3. The van der Waals surface area contributed by atoms with Crippen LogP contribution in [0.5, 0.6) is 0 Å². The predicted octanol–water partition coefficient (Wildman–Crippen LogP) is 5.78. The Labute approximate surface area is 179 Å². The van der Waals surface area contributed by atoms with Gasteiger partial charge in [-0.3, -0.25) is 5.41 Å². The fourth-order valence-electron chi connectivity index (χ4n) is 4.22. The Bertz CT molecular complexity index is 1520. The van der Waals surface area contributed by atoms with E-state index in [1.54, 1.807) is 0 Å². The van der Waals surface area contributed by atoms with Gasteiger partial charge in [0.15, 0.2) is 5.49 Å². The summed E-state index contributed by atoms with van der Waals surface area (Å²) in [6, 6.07) is 26.8. The van der Waals surface area contributed by atoms with E-state index < -0.39 is 0 Å². The molecule has 5 rings (SSSR count). The Kier molecular flexibility index (Phi) is 4.41. The number of H-pyrrole nitrogens is 1. The van der Waals surface area contributed by atoms with E-state index in [9.17, 15) is 5.26 Å². The maximum absolute atomic E-state index is 9.80. The number of pyridine rings is 3. The molecule has 2 aromatic carbocycles. The van der Waals surface area contributed by atoms with Crippen LogP contribution >= 0.6 is 0 Å². The van der Waals surface area contributed by atoms with Crippen LogP contribution in [-0.4, -0.2) is 14.5 Å². The van der Waals surface area contributed by atoms with Gasteiger partial charge in [-0.2, -0.15) is 5.26 Å². The lowest BCUT2D eigenvalue weighted by Crippen LogP contribution is -2.18. The van der Waals surface area contributed by atoms with Gasteiger partial charge in [-0.25, -0.2) is 4.98 Å². The second-order valence-corrected chi connectivity index (χ2v) is 7.88. The van der Waals surface area contributed by atoms with E-state index in [0.29, 0.717) is 11.2 Å². The Morgan fingerprint density at radius 1 is 0.968 bits per heavy atom. The first kappa shape index (κ1) is 18.8. The van der Waals surface area contributed by atoms with Gasteiger partial charge in [0.05, 0.1) is 11.2 Å². The summed E-state index contributed by atoms with van der Waals surface area (Å²) in [5, 5.41) is 20.1. The van der Waals surface area contributed by atoms with Crippen LogP contribution in [0.25, 0.3) is 44.5 Å². The maximum Gasteiger partial charge on any atom is 0.167 e. The number of aromatic amines is 1. The third-order valence-corrected chi connectivity index (χ3v) is 5.59. The fraction of sp³-hybridized carbons (Fsp3) is 0.115. The Morgan fingerprint density at radius 2 is 1.61 bits per heavy atom. The van der Waals surface area contributed by atoms with E-state index >= 15 is 0 Å². The van der Waals surface area contributed by atoms with Crippen molar-refractivity contribution in [1.29, 1.82) is 10.7 Å². The minimum absolute atomic E-state index is 0.0163. The molecule has 0 radical (unpaired) electrons. The van der Waals surface area contributed by atoms with Gasteiger partial charge in [0.25, 0.3) is 0 Å². The van der Waals surface area contributed by atoms with Gasteiger partial charge in [-0.15, -0.1) is 0 Å². The third kappa shape index (κ3) is 3.01. The molecule has 0 unspecified atom stereocenters. The molecule has 0 aliphatic rings. The Morgan fingerprint density at radius 3 is 2.23 bits per heavy atom. The van der Waals surface area contributed by atoms with E-state index in [4.69, 9.17) is 5.41 Å². The average molecular weight is 403 g/mol. The molecule has 31 heavy (non-hydrogen) atoms. The molecule has 0 fully saturated rings. The largest absolute Gasteiger partial charge is 0.353 e. The molecule has 3 heterocycles. The minimum atomic E-state index is -0.0163. The summed E-state index contributed by atoms with van der Waals surface area (Å²) in [7, 11) is 0. The van der Waals surface area contributed by atoms with Crippen molar-refractivity contribution in [2.45, 2.75) is 19.9 Å². The summed E-state index contributed by atoms with van der Waals surface area (Å²) < 4.78 is 2.15. The van der Waals surface area contributed by atoms with Crippen molar-refractivity contribution < 1.29 is 0 Å². The van der Waals surface area contributed by atoms with Crippen molar-refractivity contribution in [3.8, 4) is 28.6 Å². The number of nitrogens with one attached hydrogen (secondary N) is 2. The lowest BCUT2D eigenvalue weighted by molar-refractivity contribution is 0.619. The molecule has 0 spiro atoms. The number of aromatic nitrogens is 3. The molecule has 5 heteroatoms. The second-order valence-electron chi connectivity index (χ2n) is 7.88. The molecule has 5 nitrogen and oxygen atoms in total. The number of nitriles is 1. The quantitative estimate of drug-likeness (QED) is 0.400. The van der Waals surface area contributed by atoms with Crippen molar-refractivity contribution in [3.05, 3.63) is 83.8 Å². The van der Waals surface area contributed by atoms with Gasteiger partial charge in [0, 0.05) is 17.1 Å². The van der Waals surface area contributed by atoms with Gasteiger partial charge < -0.3 is 9.55 Å². The first-order valence-electron chi connectivity index (χ1n) is 10.3. The first-order valence-corrected chi connectivity index (χ1v) is 10.3.